The number of benzene rings is 1. The molecule has 0 saturated carbocycles. The zero-order chi connectivity index (χ0) is 18.7. The normalized spacial score (nSPS) is 11.1. The summed E-state index contributed by atoms with van der Waals surface area (Å²) in [5, 5.41) is 6.52. The predicted molar refractivity (Wildman–Crippen MR) is 121 cm³/mol. The van der Waals surface area contributed by atoms with Crippen LogP contribution < -0.4 is 10.6 Å². The van der Waals surface area contributed by atoms with Gasteiger partial charge in [0.2, 0.25) is 0 Å². The van der Waals surface area contributed by atoms with Gasteiger partial charge in [-0.3, -0.25) is 4.99 Å². The number of hydrogen-bond donors (Lipinski definition) is 3. The lowest BCUT2D eigenvalue weighted by atomic mass is 10.2. The zero-order valence-corrected chi connectivity index (χ0v) is 18.2. The molecule has 0 saturated heterocycles. The smallest absolute Gasteiger partial charge is 0.191 e. The molecule has 0 bridgehead atoms. The summed E-state index contributed by atoms with van der Waals surface area (Å²) in [6.07, 6.45) is 4.37. The van der Waals surface area contributed by atoms with E-state index in [1.807, 2.05) is 36.5 Å². The van der Waals surface area contributed by atoms with Gasteiger partial charge in [0.05, 0.1) is 24.7 Å². The van der Waals surface area contributed by atoms with Crippen LogP contribution in [0.4, 0.5) is 0 Å². The van der Waals surface area contributed by atoms with E-state index in [0.29, 0.717) is 19.8 Å². The maximum absolute atomic E-state index is 5.56. The molecule has 1 aromatic carbocycles. The quantitative estimate of drug-likeness (QED) is 0.183. The molecule has 2 aromatic heterocycles. The Morgan fingerprint density at radius 3 is 2.79 bits per heavy atom. The largest absolute Gasteiger partial charge is 0.467 e. The van der Waals surface area contributed by atoms with E-state index < -0.39 is 0 Å². The number of nitrogens with one attached hydrogen (secondary N) is 3. The lowest BCUT2D eigenvalue weighted by molar-refractivity contribution is 0.105. The van der Waals surface area contributed by atoms with Crippen LogP contribution in [0.1, 0.15) is 18.0 Å². The molecule has 8 heteroatoms. The molecule has 28 heavy (non-hydrogen) atoms. The fourth-order valence-corrected chi connectivity index (χ4v) is 2.55. The van der Waals surface area contributed by atoms with Crippen molar-refractivity contribution in [3.05, 3.63) is 66.5 Å². The minimum atomic E-state index is 0. The molecule has 0 unspecified atom stereocenters. The molecule has 3 aromatic rings. The number of guanidine groups is 1. The zero-order valence-electron chi connectivity index (χ0n) is 15.9. The van der Waals surface area contributed by atoms with Crippen molar-refractivity contribution in [1.29, 1.82) is 0 Å². The van der Waals surface area contributed by atoms with E-state index >= 15 is 0 Å². The van der Waals surface area contributed by atoms with Crippen LogP contribution >= 0.6 is 24.0 Å². The van der Waals surface area contributed by atoms with Crippen LogP contribution in [0.5, 0.6) is 0 Å². The van der Waals surface area contributed by atoms with E-state index in [-0.39, 0.29) is 24.0 Å². The standard InChI is InChI=1S/C20H25N5O2.HI/c1-21-20(22-10-6-11-26-15-17-9-5-12-27-17)24-14-19-23-13-18(25-19)16-7-3-2-4-8-16;/h2-5,7-9,12-13H,6,10-11,14-15H2,1H3,(H,23,25)(H2,21,22,24);1H. The Morgan fingerprint density at radius 1 is 1.18 bits per heavy atom. The van der Waals surface area contributed by atoms with Crippen molar-refractivity contribution in [2.24, 2.45) is 4.99 Å². The number of imidazole rings is 1. The Balaban J connectivity index is 0.00000280. The highest BCUT2D eigenvalue weighted by Crippen LogP contribution is 2.15. The van der Waals surface area contributed by atoms with E-state index in [9.17, 15) is 0 Å². The molecule has 0 radical (unpaired) electrons. The van der Waals surface area contributed by atoms with Crippen LogP contribution in [0.25, 0.3) is 11.3 Å². The summed E-state index contributed by atoms with van der Waals surface area (Å²) in [7, 11) is 1.75. The second-order valence-corrected chi connectivity index (χ2v) is 5.95. The first kappa shape index (κ1) is 22.0. The second kappa shape index (κ2) is 12.2. The van der Waals surface area contributed by atoms with Gasteiger partial charge in [0, 0.05) is 20.2 Å². The minimum Gasteiger partial charge on any atom is -0.467 e. The predicted octanol–water partition coefficient (Wildman–Crippen LogP) is 3.56. The minimum absolute atomic E-state index is 0. The summed E-state index contributed by atoms with van der Waals surface area (Å²) < 4.78 is 10.8. The van der Waals surface area contributed by atoms with Crippen LogP contribution in [-0.2, 0) is 17.9 Å². The molecule has 3 rings (SSSR count). The number of nitrogens with zero attached hydrogens (tertiary/aromatic N) is 2. The summed E-state index contributed by atoms with van der Waals surface area (Å²) in [5.41, 5.74) is 2.12. The number of aliphatic imine (C=N–C) groups is 1. The first-order valence-corrected chi connectivity index (χ1v) is 8.99. The van der Waals surface area contributed by atoms with E-state index in [1.54, 1.807) is 13.3 Å². The molecule has 0 aliphatic heterocycles. The van der Waals surface area contributed by atoms with Gasteiger partial charge >= 0.3 is 0 Å². The van der Waals surface area contributed by atoms with Crippen LogP contribution in [0.3, 0.4) is 0 Å². The number of ether oxygens (including phenoxy) is 1. The fraction of sp³-hybridized carbons (Fsp3) is 0.300. The van der Waals surface area contributed by atoms with Gasteiger partial charge in [-0.15, -0.1) is 24.0 Å². The van der Waals surface area contributed by atoms with Crippen LogP contribution in [-0.4, -0.2) is 36.1 Å². The Labute approximate surface area is 182 Å². The summed E-state index contributed by atoms with van der Waals surface area (Å²) in [5.74, 6) is 2.44. The monoisotopic (exact) mass is 495 g/mol. The molecule has 0 amide bonds. The molecule has 150 valence electrons. The highest BCUT2D eigenvalue weighted by molar-refractivity contribution is 14.0. The molecular formula is C20H26IN5O2. The highest BCUT2D eigenvalue weighted by Gasteiger charge is 2.04. The first-order chi connectivity index (χ1) is 13.3. The molecule has 0 aliphatic carbocycles. The van der Waals surface area contributed by atoms with Gasteiger partial charge in [-0.25, -0.2) is 4.98 Å². The Morgan fingerprint density at radius 2 is 2.04 bits per heavy atom. The van der Waals surface area contributed by atoms with Gasteiger partial charge in [-0.2, -0.15) is 0 Å². The molecule has 0 aliphatic rings. The summed E-state index contributed by atoms with van der Waals surface area (Å²) in [6.45, 7) is 2.50. The SMILES string of the molecule is CN=C(NCCCOCc1ccco1)NCc1ncc(-c2ccccc2)[nH]1.I. The van der Waals surface area contributed by atoms with Crippen LogP contribution in [0, 0.1) is 0 Å². The van der Waals surface area contributed by atoms with Crippen molar-refractivity contribution in [3.8, 4) is 11.3 Å². The molecule has 2 heterocycles. The average Bonchev–Trinajstić information content (AvgIpc) is 3.39. The number of rotatable bonds is 9. The maximum Gasteiger partial charge on any atom is 0.191 e. The second-order valence-electron chi connectivity index (χ2n) is 5.95. The number of halogens is 1. The number of H-pyrrole nitrogens is 1. The van der Waals surface area contributed by atoms with Gasteiger partial charge in [-0.05, 0) is 24.1 Å². The van der Waals surface area contributed by atoms with Crippen molar-refractivity contribution in [2.75, 3.05) is 20.2 Å². The Kier molecular flexibility index (Phi) is 9.56. The topological polar surface area (TPSA) is 87.5 Å². The van der Waals surface area contributed by atoms with Gasteiger partial charge in [0.1, 0.15) is 18.2 Å². The van der Waals surface area contributed by atoms with Gasteiger partial charge in [0.25, 0.3) is 0 Å². The summed E-state index contributed by atoms with van der Waals surface area (Å²) in [4.78, 5) is 12.0. The first-order valence-electron chi connectivity index (χ1n) is 8.99. The molecular weight excluding hydrogens is 469 g/mol. The lowest BCUT2D eigenvalue weighted by Crippen LogP contribution is -2.37. The van der Waals surface area contributed by atoms with E-state index in [1.165, 1.54) is 0 Å². The number of aromatic amines is 1. The van der Waals surface area contributed by atoms with E-state index in [0.717, 1.165) is 41.8 Å². The number of aromatic nitrogens is 2. The molecule has 0 atom stereocenters. The molecule has 3 N–H and O–H groups in total. The molecule has 7 nitrogen and oxygen atoms in total. The summed E-state index contributed by atoms with van der Waals surface area (Å²) in [6, 6.07) is 13.9. The van der Waals surface area contributed by atoms with E-state index in [4.69, 9.17) is 9.15 Å². The van der Waals surface area contributed by atoms with E-state index in [2.05, 4.69) is 37.7 Å². The Hall–Kier alpha value is -2.33. The summed E-state index contributed by atoms with van der Waals surface area (Å²) >= 11 is 0. The van der Waals surface area contributed by atoms with Crippen molar-refractivity contribution < 1.29 is 9.15 Å². The third-order valence-corrected chi connectivity index (χ3v) is 3.94. The van der Waals surface area contributed by atoms with Gasteiger partial charge in [-0.1, -0.05) is 30.3 Å². The van der Waals surface area contributed by atoms with Crippen LogP contribution in [0.15, 0.2) is 64.3 Å². The van der Waals surface area contributed by atoms with Crippen molar-refractivity contribution >= 4 is 29.9 Å². The third kappa shape index (κ3) is 7.01. The fourth-order valence-electron chi connectivity index (χ4n) is 2.55. The molecule has 0 fully saturated rings. The maximum atomic E-state index is 5.56. The van der Waals surface area contributed by atoms with Crippen molar-refractivity contribution in [2.45, 2.75) is 19.6 Å². The van der Waals surface area contributed by atoms with Crippen LogP contribution in [0.2, 0.25) is 0 Å². The number of hydrogen-bond acceptors (Lipinski definition) is 4. The lowest BCUT2D eigenvalue weighted by Gasteiger charge is -2.11. The molecule has 0 spiro atoms. The average molecular weight is 495 g/mol. The van der Waals surface area contributed by atoms with Crippen molar-refractivity contribution in [3.63, 3.8) is 0 Å². The third-order valence-electron chi connectivity index (χ3n) is 3.94. The Bertz CT molecular complexity index is 818. The number of furan rings is 1. The van der Waals surface area contributed by atoms with Crippen molar-refractivity contribution in [1.82, 2.24) is 20.6 Å². The highest BCUT2D eigenvalue weighted by atomic mass is 127. The van der Waals surface area contributed by atoms with Gasteiger partial charge < -0.3 is 24.8 Å². The van der Waals surface area contributed by atoms with Gasteiger partial charge in [0.15, 0.2) is 5.96 Å².